The third kappa shape index (κ3) is 4.90. The molecule has 2 amide bonds. The highest BCUT2D eigenvalue weighted by Crippen LogP contribution is 2.32. The van der Waals surface area contributed by atoms with Crippen LogP contribution in [0.4, 0.5) is 22.1 Å². The first-order valence-corrected chi connectivity index (χ1v) is 12.3. The lowest BCUT2D eigenvalue weighted by molar-refractivity contribution is 0.122. The van der Waals surface area contributed by atoms with Gasteiger partial charge in [0.1, 0.15) is 11.6 Å². The van der Waals surface area contributed by atoms with Crippen LogP contribution in [0.3, 0.4) is 0 Å². The van der Waals surface area contributed by atoms with Crippen LogP contribution in [0.2, 0.25) is 0 Å². The van der Waals surface area contributed by atoms with Gasteiger partial charge in [-0.25, -0.2) is 14.8 Å². The molecule has 5 rings (SSSR count). The quantitative estimate of drug-likeness (QED) is 0.567. The third-order valence-corrected chi connectivity index (χ3v) is 6.57. The van der Waals surface area contributed by atoms with Crippen LogP contribution in [0, 0.1) is 0 Å². The molecule has 1 fully saturated rings. The number of rotatable bonds is 5. The summed E-state index contributed by atoms with van der Waals surface area (Å²) in [6, 6.07) is 12.7. The first kappa shape index (κ1) is 23.8. The van der Waals surface area contributed by atoms with Crippen LogP contribution in [0.25, 0.3) is 11.4 Å². The van der Waals surface area contributed by atoms with E-state index >= 15 is 0 Å². The van der Waals surface area contributed by atoms with Gasteiger partial charge in [-0.15, -0.1) is 0 Å². The SMILES string of the molecule is CCNC(=O)Nc1ccc(-c2nc3c(c(N4CCOCC4)n2)CCN(c2cccc(=O)n2C)C3)cc1. The van der Waals surface area contributed by atoms with Gasteiger partial charge in [0, 0.05) is 56.1 Å². The van der Waals surface area contributed by atoms with E-state index in [9.17, 15) is 9.59 Å². The Hall–Kier alpha value is -3.92. The normalized spacial score (nSPS) is 15.4. The molecular weight excluding hydrogens is 458 g/mol. The Bertz CT molecular complexity index is 1300. The van der Waals surface area contributed by atoms with Crippen LogP contribution in [0.5, 0.6) is 0 Å². The lowest BCUT2D eigenvalue weighted by Gasteiger charge is -2.35. The van der Waals surface area contributed by atoms with Gasteiger partial charge in [0.15, 0.2) is 5.82 Å². The van der Waals surface area contributed by atoms with E-state index in [0.717, 1.165) is 54.5 Å². The average Bonchev–Trinajstić information content (AvgIpc) is 2.90. The van der Waals surface area contributed by atoms with Crippen LogP contribution in [-0.4, -0.2) is 60.0 Å². The molecule has 0 atom stereocenters. The largest absolute Gasteiger partial charge is 0.378 e. The number of anilines is 3. The molecule has 36 heavy (non-hydrogen) atoms. The van der Waals surface area contributed by atoms with Crippen molar-refractivity contribution in [2.75, 3.05) is 54.5 Å². The number of benzene rings is 1. The van der Waals surface area contributed by atoms with Crippen molar-refractivity contribution in [3.63, 3.8) is 0 Å². The maximum absolute atomic E-state index is 12.2. The zero-order valence-corrected chi connectivity index (χ0v) is 20.7. The molecule has 0 radical (unpaired) electrons. The minimum atomic E-state index is -0.236. The number of carbonyl (C=O) groups excluding carboxylic acids is 1. The van der Waals surface area contributed by atoms with E-state index in [0.29, 0.717) is 37.8 Å². The minimum absolute atomic E-state index is 0.0306. The maximum atomic E-state index is 12.2. The first-order chi connectivity index (χ1) is 17.5. The molecule has 2 aromatic heterocycles. The topological polar surface area (TPSA) is 105 Å². The average molecular weight is 490 g/mol. The summed E-state index contributed by atoms with van der Waals surface area (Å²) in [4.78, 5) is 38.6. The van der Waals surface area contributed by atoms with Gasteiger partial charge in [-0.3, -0.25) is 9.36 Å². The van der Waals surface area contributed by atoms with Gasteiger partial charge in [-0.05, 0) is 43.7 Å². The van der Waals surface area contributed by atoms with E-state index in [2.05, 4.69) is 20.4 Å². The molecular formula is C26H31N7O3. The van der Waals surface area contributed by atoms with Crippen molar-refractivity contribution >= 4 is 23.4 Å². The van der Waals surface area contributed by atoms with E-state index < -0.39 is 0 Å². The Kier molecular flexibility index (Phi) is 6.86. The molecule has 10 heteroatoms. The van der Waals surface area contributed by atoms with Crippen LogP contribution in [-0.2, 0) is 24.8 Å². The zero-order chi connectivity index (χ0) is 25.1. The molecule has 0 unspecified atom stereocenters. The number of ether oxygens (including phenoxy) is 1. The Morgan fingerprint density at radius 1 is 1.03 bits per heavy atom. The van der Waals surface area contributed by atoms with Gasteiger partial charge in [-0.2, -0.15) is 0 Å². The van der Waals surface area contributed by atoms with Crippen LogP contribution in [0.15, 0.2) is 47.3 Å². The summed E-state index contributed by atoms with van der Waals surface area (Å²) < 4.78 is 7.25. The molecule has 1 aromatic carbocycles. The van der Waals surface area contributed by atoms with Gasteiger partial charge in [0.25, 0.3) is 5.56 Å². The van der Waals surface area contributed by atoms with Gasteiger partial charge in [0.2, 0.25) is 0 Å². The van der Waals surface area contributed by atoms with Crippen molar-refractivity contribution < 1.29 is 9.53 Å². The summed E-state index contributed by atoms with van der Waals surface area (Å²) in [5, 5.41) is 5.55. The summed E-state index contributed by atoms with van der Waals surface area (Å²) in [6.07, 6.45) is 0.792. The Morgan fingerprint density at radius 3 is 2.56 bits per heavy atom. The number of amides is 2. The molecule has 2 aliphatic heterocycles. The lowest BCUT2D eigenvalue weighted by Crippen LogP contribution is -2.40. The predicted octanol–water partition coefficient (Wildman–Crippen LogP) is 2.38. The number of hydrogen-bond acceptors (Lipinski definition) is 7. The van der Waals surface area contributed by atoms with Crippen LogP contribution < -0.4 is 26.0 Å². The monoisotopic (exact) mass is 489 g/mol. The molecule has 0 aliphatic carbocycles. The highest BCUT2D eigenvalue weighted by molar-refractivity contribution is 5.89. The Morgan fingerprint density at radius 2 is 1.81 bits per heavy atom. The Balaban J connectivity index is 1.50. The van der Waals surface area contributed by atoms with E-state index in [1.807, 2.05) is 37.3 Å². The van der Waals surface area contributed by atoms with Crippen molar-refractivity contribution in [2.45, 2.75) is 19.9 Å². The third-order valence-electron chi connectivity index (χ3n) is 6.57. The standard InChI is InChI=1S/C26H31N7O3/c1-3-27-26(35)28-19-9-7-18(8-10-19)24-29-21-17-33(22-5-4-6-23(34)31(22)2)12-11-20(21)25(30-24)32-13-15-36-16-14-32/h4-10H,3,11-17H2,1-2H3,(H2,27,28,35). The molecule has 0 bridgehead atoms. The molecule has 3 aromatic rings. The second-order valence-electron chi connectivity index (χ2n) is 8.91. The number of fused-ring (bicyclic) bond motifs is 1. The number of nitrogens with zero attached hydrogens (tertiary/aromatic N) is 5. The zero-order valence-electron chi connectivity index (χ0n) is 20.7. The van der Waals surface area contributed by atoms with E-state index in [-0.39, 0.29) is 11.6 Å². The number of morpholine rings is 1. The summed E-state index contributed by atoms with van der Waals surface area (Å²) in [5.74, 6) is 2.48. The summed E-state index contributed by atoms with van der Waals surface area (Å²) >= 11 is 0. The van der Waals surface area contributed by atoms with E-state index in [4.69, 9.17) is 14.7 Å². The summed E-state index contributed by atoms with van der Waals surface area (Å²) in [6.45, 7) is 6.73. The summed E-state index contributed by atoms with van der Waals surface area (Å²) in [5.41, 5.74) is 3.67. The number of hydrogen-bond donors (Lipinski definition) is 2. The molecule has 4 heterocycles. The van der Waals surface area contributed by atoms with Crippen LogP contribution >= 0.6 is 0 Å². The van der Waals surface area contributed by atoms with Crippen molar-refractivity contribution in [3.8, 4) is 11.4 Å². The van der Waals surface area contributed by atoms with Crippen molar-refractivity contribution in [2.24, 2.45) is 7.05 Å². The van der Waals surface area contributed by atoms with Gasteiger partial charge < -0.3 is 25.2 Å². The lowest BCUT2D eigenvalue weighted by atomic mass is 10.0. The highest BCUT2D eigenvalue weighted by atomic mass is 16.5. The smallest absolute Gasteiger partial charge is 0.319 e. The number of carbonyl (C=O) groups is 1. The van der Waals surface area contributed by atoms with Crippen LogP contribution in [0.1, 0.15) is 18.2 Å². The molecule has 2 N–H and O–H groups in total. The predicted molar refractivity (Wildman–Crippen MR) is 140 cm³/mol. The van der Waals surface area contributed by atoms with Crippen molar-refractivity contribution in [1.29, 1.82) is 0 Å². The van der Waals surface area contributed by atoms with Gasteiger partial charge in [0.05, 0.1) is 25.5 Å². The van der Waals surface area contributed by atoms with Crippen molar-refractivity contribution in [1.82, 2.24) is 19.9 Å². The second kappa shape index (κ2) is 10.4. The fraction of sp³-hybridized carbons (Fsp3) is 0.385. The second-order valence-corrected chi connectivity index (χ2v) is 8.91. The highest BCUT2D eigenvalue weighted by Gasteiger charge is 2.27. The number of nitrogens with one attached hydrogen (secondary N) is 2. The maximum Gasteiger partial charge on any atom is 0.319 e. The molecule has 2 aliphatic rings. The molecule has 1 saturated heterocycles. The number of pyridine rings is 1. The number of aromatic nitrogens is 3. The first-order valence-electron chi connectivity index (χ1n) is 12.3. The molecule has 0 spiro atoms. The van der Waals surface area contributed by atoms with Gasteiger partial charge >= 0.3 is 6.03 Å². The summed E-state index contributed by atoms with van der Waals surface area (Å²) in [7, 11) is 1.80. The molecule has 10 nitrogen and oxygen atoms in total. The minimum Gasteiger partial charge on any atom is -0.378 e. The molecule has 188 valence electrons. The number of urea groups is 1. The van der Waals surface area contributed by atoms with Crippen molar-refractivity contribution in [3.05, 3.63) is 64.1 Å². The van der Waals surface area contributed by atoms with E-state index in [1.54, 1.807) is 23.7 Å². The van der Waals surface area contributed by atoms with E-state index in [1.165, 1.54) is 0 Å². The fourth-order valence-corrected chi connectivity index (χ4v) is 4.68. The van der Waals surface area contributed by atoms with Gasteiger partial charge in [-0.1, -0.05) is 6.07 Å². The molecule has 0 saturated carbocycles. The Labute approximate surface area is 209 Å². The fourth-order valence-electron chi connectivity index (χ4n) is 4.68.